The van der Waals surface area contributed by atoms with E-state index in [2.05, 4.69) is 21.2 Å². The number of rotatable bonds is 3. The molecule has 0 aromatic heterocycles. The summed E-state index contributed by atoms with van der Waals surface area (Å²) in [4.78, 5) is 12.2. The van der Waals surface area contributed by atoms with Crippen LogP contribution in [-0.2, 0) is 0 Å². The normalized spacial score (nSPS) is 11.9. The lowest BCUT2D eigenvalue weighted by atomic mass is 10.1. The molecule has 2 aromatic rings. The number of benzene rings is 2. The van der Waals surface area contributed by atoms with E-state index < -0.39 is 0 Å². The van der Waals surface area contributed by atoms with Crippen molar-refractivity contribution < 1.29 is 4.79 Å². The second kappa shape index (κ2) is 6.22. The van der Waals surface area contributed by atoms with Gasteiger partial charge in [-0.15, -0.1) is 0 Å². The van der Waals surface area contributed by atoms with Crippen molar-refractivity contribution in [2.24, 2.45) is 0 Å². The molecule has 1 atom stereocenters. The van der Waals surface area contributed by atoms with Gasteiger partial charge in [-0.1, -0.05) is 41.9 Å². The quantitative estimate of drug-likeness (QED) is 0.871. The van der Waals surface area contributed by atoms with E-state index in [4.69, 9.17) is 11.6 Å². The van der Waals surface area contributed by atoms with Crippen molar-refractivity contribution in [3.63, 3.8) is 0 Å². The molecule has 2 rings (SSSR count). The van der Waals surface area contributed by atoms with E-state index in [9.17, 15) is 4.79 Å². The third-order valence-corrected chi connectivity index (χ3v) is 3.71. The van der Waals surface area contributed by atoms with Gasteiger partial charge in [0, 0.05) is 9.50 Å². The molecule has 0 saturated carbocycles. The second-order valence-electron chi connectivity index (χ2n) is 4.23. The van der Waals surface area contributed by atoms with Gasteiger partial charge in [-0.3, -0.25) is 4.79 Å². The highest BCUT2D eigenvalue weighted by atomic mass is 79.9. The molecule has 0 spiro atoms. The van der Waals surface area contributed by atoms with E-state index in [0.717, 1.165) is 5.56 Å². The first kappa shape index (κ1) is 14.1. The first-order valence-electron chi connectivity index (χ1n) is 5.89. The smallest absolute Gasteiger partial charge is 0.252 e. The molecule has 2 nitrogen and oxygen atoms in total. The second-order valence-corrected chi connectivity index (χ2v) is 5.52. The van der Waals surface area contributed by atoms with Crippen LogP contribution in [-0.4, -0.2) is 5.91 Å². The van der Waals surface area contributed by atoms with Crippen LogP contribution in [0.25, 0.3) is 0 Å². The van der Waals surface area contributed by atoms with Crippen molar-refractivity contribution in [3.05, 3.63) is 69.2 Å². The largest absolute Gasteiger partial charge is 0.345 e. The van der Waals surface area contributed by atoms with Gasteiger partial charge in [-0.2, -0.15) is 0 Å². The summed E-state index contributed by atoms with van der Waals surface area (Å²) in [5.41, 5.74) is 1.65. The Labute approximate surface area is 125 Å². The molecule has 4 heteroatoms. The van der Waals surface area contributed by atoms with E-state index in [0.29, 0.717) is 15.1 Å². The van der Waals surface area contributed by atoms with Crippen LogP contribution in [0.15, 0.2) is 53.0 Å². The minimum atomic E-state index is -0.125. The van der Waals surface area contributed by atoms with Gasteiger partial charge in [0.1, 0.15) is 0 Å². The van der Waals surface area contributed by atoms with Crippen molar-refractivity contribution in [2.75, 3.05) is 0 Å². The average Bonchev–Trinajstić information content (AvgIpc) is 2.39. The van der Waals surface area contributed by atoms with E-state index in [1.165, 1.54) is 0 Å². The molecule has 0 saturated heterocycles. The van der Waals surface area contributed by atoms with Gasteiger partial charge in [0.15, 0.2) is 0 Å². The zero-order chi connectivity index (χ0) is 13.8. The monoisotopic (exact) mass is 337 g/mol. The van der Waals surface area contributed by atoms with Crippen LogP contribution in [0.4, 0.5) is 0 Å². The molecule has 19 heavy (non-hydrogen) atoms. The molecule has 0 fully saturated rings. The first-order chi connectivity index (χ1) is 9.08. The van der Waals surface area contributed by atoms with E-state index in [1.807, 2.05) is 37.3 Å². The highest BCUT2D eigenvalue weighted by Gasteiger charge is 2.13. The number of nitrogens with one attached hydrogen (secondary N) is 1. The lowest BCUT2D eigenvalue weighted by molar-refractivity contribution is 0.0939. The standard InChI is InChI=1S/C15H13BrClNO/c1-10(11-5-3-2-4-6-11)18-15(19)13-8-7-12(17)9-14(13)16/h2-10H,1H3,(H,18,19). The Bertz CT molecular complexity index is 586. The molecule has 0 bridgehead atoms. The highest BCUT2D eigenvalue weighted by Crippen LogP contribution is 2.22. The molecule has 1 amide bonds. The number of amides is 1. The maximum atomic E-state index is 12.2. The van der Waals surface area contributed by atoms with Crippen molar-refractivity contribution in [3.8, 4) is 0 Å². The van der Waals surface area contributed by atoms with Gasteiger partial charge in [-0.05, 0) is 46.6 Å². The highest BCUT2D eigenvalue weighted by molar-refractivity contribution is 9.10. The maximum Gasteiger partial charge on any atom is 0.252 e. The molecular formula is C15H13BrClNO. The van der Waals surface area contributed by atoms with Gasteiger partial charge in [-0.25, -0.2) is 0 Å². The Balaban J connectivity index is 2.13. The number of halogens is 2. The van der Waals surface area contributed by atoms with Gasteiger partial charge in [0.2, 0.25) is 0 Å². The van der Waals surface area contributed by atoms with Crippen LogP contribution in [0, 0.1) is 0 Å². The summed E-state index contributed by atoms with van der Waals surface area (Å²) < 4.78 is 0.692. The fraction of sp³-hybridized carbons (Fsp3) is 0.133. The lowest BCUT2D eigenvalue weighted by Gasteiger charge is -2.15. The molecule has 0 radical (unpaired) electrons. The third-order valence-electron chi connectivity index (χ3n) is 2.82. The number of carbonyl (C=O) groups excluding carboxylic acids is 1. The Morgan fingerprint density at radius 2 is 1.89 bits per heavy atom. The van der Waals surface area contributed by atoms with Crippen LogP contribution in [0.5, 0.6) is 0 Å². The molecule has 2 aromatic carbocycles. The van der Waals surface area contributed by atoms with Crippen LogP contribution in [0.3, 0.4) is 0 Å². The number of carbonyl (C=O) groups is 1. The van der Waals surface area contributed by atoms with Crippen molar-refractivity contribution in [1.82, 2.24) is 5.32 Å². The van der Waals surface area contributed by atoms with Gasteiger partial charge in [0.05, 0.1) is 11.6 Å². The van der Waals surface area contributed by atoms with E-state index in [-0.39, 0.29) is 11.9 Å². The van der Waals surface area contributed by atoms with Crippen molar-refractivity contribution in [1.29, 1.82) is 0 Å². The topological polar surface area (TPSA) is 29.1 Å². The Kier molecular flexibility index (Phi) is 4.61. The first-order valence-corrected chi connectivity index (χ1v) is 7.06. The minimum absolute atomic E-state index is 0.0451. The third kappa shape index (κ3) is 3.58. The van der Waals surface area contributed by atoms with Crippen molar-refractivity contribution in [2.45, 2.75) is 13.0 Å². The Hall–Kier alpha value is -1.32. The summed E-state index contributed by atoms with van der Waals surface area (Å²) in [5.74, 6) is -0.125. The SMILES string of the molecule is CC(NC(=O)c1ccc(Cl)cc1Br)c1ccccc1. The molecule has 1 unspecified atom stereocenters. The molecule has 0 aliphatic rings. The van der Waals surface area contributed by atoms with Crippen LogP contribution in [0.2, 0.25) is 5.02 Å². The van der Waals surface area contributed by atoms with Gasteiger partial charge in [0.25, 0.3) is 5.91 Å². The predicted octanol–water partition coefficient (Wildman–Crippen LogP) is 4.59. The molecule has 0 aliphatic carbocycles. The fourth-order valence-electron chi connectivity index (χ4n) is 1.77. The molecule has 0 aliphatic heterocycles. The van der Waals surface area contributed by atoms with Gasteiger partial charge < -0.3 is 5.32 Å². The lowest BCUT2D eigenvalue weighted by Crippen LogP contribution is -2.26. The maximum absolute atomic E-state index is 12.2. The zero-order valence-corrected chi connectivity index (χ0v) is 12.7. The Morgan fingerprint density at radius 1 is 1.21 bits per heavy atom. The van der Waals surface area contributed by atoms with E-state index in [1.54, 1.807) is 18.2 Å². The van der Waals surface area contributed by atoms with Crippen LogP contribution in [0.1, 0.15) is 28.9 Å². The van der Waals surface area contributed by atoms with Crippen LogP contribution >= 0.6 is 27.5 Å². The molecule has 98 valence electrons. The summed E-state index contributed by atoms with van der Waals surface area (Å²) in [5, 5.41) is 3.56. The summed E-state index contributed by atoms with van der Waals surface area (Å²) in [6.07, 6.45) is 0. The molecule has 1 N–H and O–H groups in total. The van der Waals surface area contributed by atoms with E-state index >= 15 is 0 Å². The minimum Gasteiger partial charge on any atom is -0.345 e. The summed E-state index contributed by atoms with van der Waals surface area (Å²) in [6.45, 7) is 1.96. The van der Waals surface area contributed by atoms with Crippen molar-refractivity contribution >= 4 is 33.4 Å². The number of hydrogen-bond acceptors (Lipinski definition) is 1. The van der Waals surface area contributed by atoms with Crippen LogP contribution < -0.4 is 5.32 Å². The number of hydrogen-bond donors (Lipinski definition) is 1. The average molecular weight is 339 g/mol. The molecular weight excluding hydrogens is 326 g/mol. The van der Waals surface area contributed by atoms with Gasteiger partial charge >= 0.3 is 0 Å². The zero-order valence-electron chi connectivity index (χ0n) is 10.4. The summed E-state index contributed by atoms with van der Waals surface area (Å²) in [6, 6.07) is 14.9. The summed E-state index contributed by atoms with van der Waals surface area (Å²) in [7, 11) is 0. The predicted molar refractivity (Wildman–Crippen MR) is 81.5 cm³/mol. The Morgan fingerprint density at radius 3 is 2.53 bits per heavy atom. The fourth-order valence-corrected chi connectivity index (χ4v) is 2.64. The summed E-state index contributed by atoms with van der Waals surface area (Å²) >= 11 is 9.21. The molecule has 0 heterocycles.